The molecule has 3 aromatic carbocycles. The molecule has 0 atom stereocenters. The van der Waals surface area contributed by atoms with Crippen LogP contribution in [-0.2, 0) is 14.8 Å². The zero-order valence-electron chi connectivity index (χ0n) is 18.7. The minimum Gasteiger partial charge on any atom is -0.490 e. The number of halogens is 1. The van der Waals surface area contributed by atoms with Crippen molar-refractivity contribution in [3.8, 4) is 5.75 Å². The lowest BCUT2D eigenvalue weighted by Crippen LogP contribution is -2.39. The normalized spacial score (nSPS) is 11.3. The molecule has 182 valence electrons. The fraction of sp³-hybridized carbons (Fsp3) is 0.130. The molecule has 0 fully saturated rings. The average Bonchev–Trinajstić information content (AvgIpc) is 2.84. The summed E-state index contributed by atoms with van der Waals surface area (Å²) in [6.07, 6.45) is 1.20. The summed E-state index contributed by atoms with van der Waals surface area (Å²) in [5.74, 6) is -0.657. The van der Waals surface area contributed by atoms with E-state index in [1.165, 1.54) is 49.7 Å². The van der Waals surface area contributed by atoms with Gasteiger partial charge in [-0.1, -0.05) is 35.9 Å². The van der Waals surface area contributed by atoms with Crippen LogP contribution >= 0.6 is 11.6 Å². The molecule has 3 rings (SSSR count). The Bertz CT molecular complexity index is 1380. The smallest absolute Gasteiger partial charge is 0.311 e. The van der Waals surface area contributed by atoms with E-state index >= 15 is 0 Å². The van der Waals surface area contributed by atoms with Crippen LogP contribution in [0.15, 0.2) is 76.7 Å². The van der Waals surface area contributed by atoms with Gasteiger partial charge in [0, 0.05) is 16.7 Å². The first-order valence-electron chi connectivity index (χ1n) is 10.1. The van der Waals surface area contributed by atoms with E-state index in [4.69, 9.17) is 16.3 Å². The van der Waals surface area contributed by atoms with Crippen molar-refractivity contribution in [2.75, 3.05) is 18.0 Å². The fourth-order valence-electron chi connectivity index (χ4n) is 3.05. The van der Waals surface area contributed by atoms with Gasteiger partial charge in [0.1, 0.15) is 6.54 Å². The Hall–Kier alpha value is -3.96. The van der Waals surface area contributed by atoms with E-state index in [9.17, 15) is 23.3 Å². The molecule has 0 aliphatic heterocycles. The number of nitro groups is 1. The number of nitrogens with one attached hydrogen (secondary N) is 1. The molecule has 0 spiro atoms. The van der Waals surface area contributed by atoms with Crippen LogP contribution in [0, 0.1) is 17.0 Å². The third-order valence-electron chi connectivity index (χ3n) is 4.86. The van der Waals surface area contributed by atoms with E-state index in [1.807, 2.05) is 0 Å². The zero-order valence-corrected chi connectivity index (χ0v) is 20.3. The summed E-state index contributed by atoms with van der Waals surface area (Å²) >= 11 is 6.20. The number of hydrogen-bond acceptors (Lipinski definition) is 7. The highest BCUT2D eigenvalue weighted by Gasteiger charge is 2.27. The van der Waals surface area contributed by atoms with Crippen LogP contribution in [0.25, 0.3) is 0 Å². The van der Waals surface area contributed by atoms with Crippen LogP contribution in [0.5, 0.6) is 5.75 Å². The molecule has 3 aromatic rings. The second kappa shape index (κ2) is 11.0. The molecule has 0 saturated heterocycles. The van der Waals surface area contributed by atoms with Gasteiger partial charge in [0.15, 0.2) is 5.75 Å². The van der Waals surface area contributed by atoms with Gasteiger partial charge >= 0.3 is 5.69 Å². The summed E-state index contributed by atoms with van der Waals surface area (Å²) in [7, 11) is -2.79. The van der Waals surface area contributed by atoms with Crippen LogP contribution in [0.4, 0.5) is 11.4 Å². The van der Waals surface area contributed by atoms with Crippen molar-refractivity contribution >= 4 is 45.1 Å². The molecule has 0 heterocycles. The van der Waals surface area contributed by atoms with Gasteiger partial charge in [-0.3, -0.25) is 19.2 Å². The fourth-order valence-corrected chi connectivity index (χ4v) is 4.65. The number of anilines is 1. The number of hydrazone groups is 1. The highest BCUT2D eigenvalue weighted by Crippen LogP contribution is 2.28. The average molecular weight is 517 g/mol. The molecule has 0 aromatic heterocycles. The topological polar surface area (TPSA) is 131 Å². The summed E-state index contributed by atoms with van der Waals surface area (Å²) in [6.45, 7) is 1.18. The van der Waals surface area contributed by atoms with Crippen LogP contribution in [0.2, 0.25) is 5.02 Å². The molecule has 0 unspecified atom stereocenters. The first-order valence-corrected chi connectivity index (χ1v) is 11.9. The molecular weight excluding hydrogens is 496 g/mol. The molecule has 1 amide bonds. The van der Waals surface area contributed by atoms with Crippen LogP contribution in [0.1, 0.15) is 11.1 Å². The molecule has 0 aliphatic rings. The molecular formula is C23H21ClN4O6S. The number of methoxy groups -OCH3 is 1. The number of carbonyl (C=O) groups excluding carboxylic acids is 1. The molecule has 0 saturated carbocycles. The van der Waals surface area contributed by atoms with E-state index in [1.54, 1.807) is 37.3 Å². The second-order valence-electron chi connectivity index (χ2n) is 7.24. The number of aryl methyl sites for hydroxylation is 1. The SMILES string of the molecule is COc1ccc(/C=N\NC(=O)CN(c2ccc(C)c(Cl)c2)S(=O)(=O)c2ccccc2)cc1[N+](=O)[O-]. The van der Waals surface area contributed by atoms with Crippen molar-refractivity contribution in [3.05, 3.63) is 93.0 Å². The molecule has 12 heteroatoms. The minimum atomic E-state index is -4.11. The summed E-state index contributed by atoms with van der Waals surface area (Å²) in [4.78, 5) is 23.2. The number of hydrogen-bond donors (Lipinski definition) is 1. The first kappa shape index (κ1) is 25.7. The highest BCUT2D eigenvalue weighted by molar-refractivity contribution is 7.92. The van der Waals surface area contributed by atoms with Crippen LogP contribution < -0.4 is 14.5 Å². The molecule has 0 bridgehead atoms. The number of nitrogens with zero attached hydrogens (tertiary/aromatic N) is 3. The van der Waals surface area contributed by atoms with E-state index < -0.39 is 27.4 Å². The number of rotatable bonds is 9. The predicted molar refractivity (Wildman–Crippen MR) is 133 cm³/mol. The van der Waals surface area contributed by atoms with Crippen molar-refractivity contribution in [3.63, 3.8) is 0 Å². The molecule has 35 heavy (non-hydrogen) atoms. The Balaban J connectivity index is 1.84. The standard InChI is InChI=1S/C23H21ClN4O6S/c1-16-8-10-18(13-20(16)24)27(35(32,33)19-6-4-3-5-7-19)15-23(29)26-25-14-17-9-11-22(34-2)21(12-17)28(30)31/h3-14H,15H2,1-2H3,(H,26,29)/b25-14-. The van der Waals surface area contributed by atoms with Gasteiger partial charge in [0.05, 0.1) is 28.8 Å². The van der Waals surface area contributed by atoms with Gasteiger partial charge in [0.2, 0.25) is 0 Å². The Labute approximate surface area is 207 Å². The highest BCUT2D eigenvalue weighted by atomic mass is 35.5. The first-order chi connectivity index (χ1) is 16.6. The third-order valence-corrected chi connectivity index (χ3v) is 7.06. The lowest BCUT2D eigenvalue weighted by atomic mass is 10.2. The monoisotopic (exact) mass is 516 g/mol. The minimum absolute atomic E-state index is 0.00135. The van der Waals surface area contributed by atoms with Gasteiger partial charge in [-0.25, -0.2) is 13.8 Å². The van der Waals surface area contributed by atoms with E-state index in [-0.39, 0.29) is 22.0 Å². The third kappa shape index (κ3) is 6.14. The Morgan fingerprint density at radius 1 is 1.17 bits per heavy atom. The molecule has 10 nitrogen and oxygen atoms in total. The maximum Gasteiger partial charge on any atom is 0.311 e. The Morgan fingerprint density at radius 3 is 2.51 bits per heavy atom. The van der Waals surface area contributed by atoms with Crippen molar-refractivity contribution in [1.29, 1.82) is 0 Å². The summed E-state index contributed by atoms with van der Waals surface area (Å²) in [6, 6.07) is 16.5. The van der Waals surface area contributed by atoms with Gasteiger partial charge in [-0.15, -0.1) is 0 Å². The Morgan fingerprint density at radius 2 is 1.89 bits per heavy atom. The number of amides is 1. The van der Waals surface area contributed by atoms with E-state index in [2.05, 4.69) is 10.5 Å². The lowest BCUT2D eigenvalue weighted by molar-refractivity contribution is -0.385. The van der Waals surface area contributed by atoms with Gasteiger partial charge < -0.3 is 4.74 Å². The maximum atomic E-state index is 13.3. The maximum absolute atomic E-state index is 13.3. The van der Waals surface area contributed by atoms with Crippen molar-refractivity contribution in [2.24, 2.45) is 5.10 Å². The summed E-state index contributed by atoms with van der Waals surface area (Å²) < 4.78 is 32.5. The number of ether oxygens (including phenoxy) is 1. The van der Waals surface area contributed by atoms with Gasteiger partial charge in [-0.2, -0.15) is 5.10 Å². The molecule has 0 aliphatic carbocycles. The quantitative estimate of drug-likeness (QED) is 0.260. The molecule has 0 radical (unpaired) electrons. The number of sulfonamides is 1. The number of carbonyl (C=O) groups is 1. The summed E-state index contributed by atoms with van der Waals surface area (Å²) in [5, 5.41) is 15.3. The van der Waals surface area contributed by atoms with Crippen LogP contribution in [-0.4, -0.2) is 39.1 Å². The van der Waals surface area contributed by atoms with Crippen molar-refractivity contribution < 1.29 is 22.9 Å². The number of benzene rings is 3. The van der Waals surface area contributed by atoms with Gasteiger partial charge in [0.25, 0.3) is 15.9 Å². The number of nitro benzene ring substituents is 1. The van der Waals surface area contributed by atoms with E-state index in [0.717, 1.165) is 9.87 Å². The molecule has 1 N–H and O–H groups in total. The largest absolute Gasteiger partial charge is 0.490 e. The Kier molecular flexibility index (Phi) is 8.05. The summed E-state index contributed by atoms with van der Waals surface area (Å²) in [5.41, 5.74) is 3.26. The zero-order chi connectivity index (χ0) is 25.6. The van der Waals surface area contributed by atoms with Crippen LogP contribution in [0.3, 0.4) is 0 Å². The van der Waals surface area contributed by atoms with Crippen molar-refractivity contribution in [1.82, 2.24) is 5.43 Å². The predicted octanol–water partition coefficient (Wildman–Crippen LogP) is 3.91. The van der Waals surface area contributed by atoms with Crippen molar-refractivity contribution in [2.45, 2.75) is 11.8 Å². The second-order valence-corrected chi connectivity index (χ2v) is 9.51. The van der Waals surface area contributed by atoms with E-state index in [0.29, 0.717) is 10.6 Å². The van der Waals surface area contributed by atoms with Gasteiger partial charge in [-0.05, 0) is 48.9 Å². The lowest BCUT2D eigenvalue weighted by Gasteiger charge is -2.24.